The number of pyridine rings is 1. The molecule has 202 valence electrons. The summed E-state index contributed by atoms with van der Waals surface area (Å²) in [7, 11) is 0. The Morgan fingerprint density at radius 2 is 0.837 bits per heavy atom. The molecule has 8 rings (SSSR count). The quantitative estimate of drug-likeness (QED) is 0.200. The van der Waals surface area contributed by atoms with Crippen LogP contribution >= 0.6 is 0 Å². The number of benzene rings is 7. The van der Waals surface area contributed by atoms with Crippen LogP contribution in [0.15, 0.2) is 158 Å². The molecule has 43 heavy (non-hydrogen) atoms. The van der Waals surface area contributed by atoms with Crippen molar-refractivity contribution >= 4 is 32.3 Å². The summed E-state index contributed by atoms with van der Waals surface area (Å²) in [4.78, 5) is 4.50. The first-order chi connectivity index (χ1) is 21.2. The van der Waals surface area contributed by atoms with Crippen molar-refractivity contribution in [3.63, 3.8) is 0 Å². The van der Waals surface area contributed by atoms with Gasteiger partial charge in [0.2, 0.25) is 0 Å². The molecule has 0 amide bonds. The molecule has 0 saturated carbocycles. The molecule has 0 N–H and O–H groups in total. The fourth-order valence-corrected chi connectivity index (χ4v) is 6.45. The lowest BCUT2D eigenvalue weighted by molar-refractivity contribution is 1.20. The summed E-state index contributed by atoms with van der Waals surface area (Å²) < 4.78 is 0. The minimum Gasteiger partial charge on any atom is -0.261 e. The molecule has 0 fully saturated rings. The van der Waals surface area contributed by atoms with Gasteiger partial charge in [-0.2, -0.15) is 0 Å². The molecule has 0 aliphatic carbocycles. The molecule has 0 bridgehead atoms. The van der Waals surface area contributed by atoms with Crippen molar-refractivity contribution in [1.82, 2.24) is 4.98 Å². The fraction of sp³-hybridized carbons (Fsp3) is 0.0238. The van der Waals surface area contributed by atoms with Crippen LogP contribution in [0, 0.1) is 6.92 Å². The molecular formula is C42H29N. The first kappa shape index (κ1) is 25.2. The molecule has 0 spiro atoms. The normalized spacial score (nSPS) is 11.4. The van der Waals surface area contributed by atoms with Crippen LogP contribution < -0.4 is 0 Å². The van der Waals surface area contributed by atoms with Crippen molar-refractivity contribution in [2.75, 3.05) is 0 Å². The summed E-state index contributed by atoms with van der Waals surface area (Å²) in [5.41, 5.74) is 10.8. The average Bonchev–Trinajstić information content (AvgIpc) is 3.07. The maximum atomic E-state index is 4.50. The number of hydrogen-bond donors (Lipinski definition) is 0. The second kappa shape index (κ2) is 10.4. The van der Waals surface area contributed by atoms with E-state index in [1.807, 2.05) is 13.1 Å². The van der Waals surface area contributed by atoms with Gasteiger partial charge in [-0.15, -0.1) is 0 Å². The molecule has 7 aromatic carbocycles. The highest BCUT2D eigenvalue weighted by atomic mass is 14.7. The minimum atomic E-state index is 1.03. The summed E-state index contributed by atoms with van der Waals surface area (Å²) in [6.45, 7) is 2.02. The molecule has 1 heterocycles. The summed E-state index contributed by atoms with van der Waals surface area (Å²) in [5, 5.41) is 7.57. The van der Waals surface area contributed by atoms with E-state index in [0.717, 1.165) is 11.3 Å². The van der Waals surface area contributed by atoms with Crippen molar-refractivity contribution in [3.8, 4) is 44.5 Å². The molecule has 1 aromatic heterocycles. The van der Waals surface area contributed by atoms with Crippen LogP contribution in [0.2, 0.25) is 0 Å². The van der Waals surface area contributed by atoms with Crippen LogP contribution in [0.25, 0.3) is 76.8 Å². The number of hydrogen-bond acceptors (Lipinski definition) is 1. The Morgan fingerprint density at radius 3 is 1.47 bits per heavy atom. The molecule has 8 aromatic rings. The molecule has 1 heteroatoms. The number of aryl methyl sites for hydroxylation is 1. The van der Waals surface area contributed by atoms with Gasteiger partial charge >= 0.3 is 0 Å². The Labute approximate surface area is 251 Å². The number of nitrogens with zero attached hydrogens (tertiary/aromatic N) is 1. The zero-order valence-electron chi connectivity index (χ0n) is 24.0. The van der Waals surface area contributed by atoms with Gasteiger partial charge in [-0.3, -0.25) is 4.98 Å². The number of fused-ring (bicyclic) bond motifs is 3. The van der Waals surface area contributed by atoms with E-state index in [4.69, 9.17) is 0 Å². The molecule has 1 nitrogen and oxygen atoms in total. The lowest BCUT2D eigenvalue weighted by atomic mass is 9.85. The van der Waals surface area contributed by atoms with Gasteiger partial charge in [0.1, 0.15) is 0 Å². The smallest absolute Gasteiger partial charge is 0.0373 e. The van der Waals surface area contributed by atoms with Crippen LogP contribution in [0.5, 0.6) is 0 Å². The lowest BCUT2D eigenvalue weighted by Gasteiger charge is -2.18. The maximum absolute atomic E-state index is 4.50. The van der Waals surface area contributed by atoms with E-state index in [1.165, 1.54) is 71.3 Å². The maximum Gasteiger partial charge on any atom is 0.0373 e. The highest BCUT2D eigenvalue weighted by molar-refractivity contribution is 6.21. The summed E-state index contributed by atoms with van der Waals surface area (Å²) in [6, 6.07) is 55.1. The Kier molecular flexibility index (Phi) is 6.09. The van der Waals surface area contributed by atoms with E-state index in [2.05, 4.69) is 157 Å². The SMILES string of the molecule is Cc1ccc(-c2cccc(-c3ccc4ccc(-c5c6ccccc6c(-c6ccccc6)c6ccccc56)cc4c3)c2)cn1. The number of aromatic nitrogens is 1. The molecule has 0 radical (unpaired) electrons. The Bertz CT molecular complexity index is 2220. The van der Waals surface area contributed by atoms with Gasteiger partial charge in [0.15, 0.2) is 0 Å². The van der Waals surface area contributed by atoms with Crippen LogP contribution in [-0.2, 0) is 0 Å². The topological polar surface area (TPSA) is 12.9 Å². The third kappa shape index (κ3) is 4.47. The van der Waals surface area contributed by atoms with Gasteiger partial charge in [-0.1, -0.05) is 127 Å². The van der Waals surface area contributed by atoms with Gasteiger partial charge in [0.25, 0.3) is 0 Å². The predicted octanol–water partition coefficient (Wildman–Crippen LogP) is 11.5. The monoisotopic (exact) mass is 547 g/mol. The summed E-state index contributed by atoms with van der Waals surface area (Å²) >= 11 is 0. The number of rotatable bonds is 4. The fourth-order valence-electron chi connectivity index (χ4n) is 6.45. The van der Waals surface area contributed by atoms with Gasteiger partial charge in [0, 0.05) is 17.5 Å². The zero-order valence-corrected chi connectivity index (χ0v) is 24.0. The predicted molar refractivity (Wildman–Crippen MR) is 183 cm³/mol. The first-order valence-electron chi connectivity index (χ1n) is 14.8. The van der Waals surface area contributed by atoms with Crippen molar-refractivity contribution < 1.29 is 0 Å². The second-order valence-corrected chi connectivity index (χ2v) is 11.3. The standard InChI is InChI=1S/C42H29N/c1-28-18-19-35(27-43-28)32-13-9-12-31(24-32)33-22-20-29-21-23-34(26-36(29)25-33)42-39-16-7-5-14-37(39)41(30-10-3-2-4-11-30)38-15-6-8-17-40(38)42/h2-27H,1H3. The largest absolute Gasteiger partial charge is 0.261 e. The van der Waals surface area contributed by atoms with E-state index < -0.39 is 0 Å². The molecular weight excluding hydrogens is 518 g/mol. The lowest BCUT2D eigenvalue weighted by Crippen LogP contribution is -1.91. The van der Waals surface area contributed by atoms with E-state index in [1.54, 1.807) is 0 Å². The van der Waals surface area contributed by atoms with E-state index in [-0.39, 0.29) is 0 Å². The van der Waals surface area contributed by atoms with Crippen molar-refractivity contribution in [3.05, 3.63) is 164 Å². The third-order valence-electron chi connectivity index (χ3n) is 8.56. The Morgan fingerprint density at radius 1 is 0.349 bits per heavy atom. The zero-order chi connectivity index (χ0) is 28.8. The summed E-state index contributed by atoms with van der Waals surface area (Å²) in [5.74, 6) is 0. The molecule has 0 unspecified atom stereocenters. The van der Waals surface area contributed by atoms with Crippen molar-refractivity contribution in [2.45, 2.75) is 6.92 Å². The summed E-state index contributed by atoms with van der Waals surface area (Å²) in [6.07, 6.45) is 1.96. The Hall–Kier alpha value is -5.53. The average molecular weight is 548 g/mol. The van der Waals surface area contributed by atoms with Crippen LogP contribution in [0.3, 0.4) is 0 Å². The van der Waals surface area contributed by atoms with E-state index in [9.17, 15) is 0 Å². The van der Waals surface area contributed by atoms with Crippen LogP contribution in [0.1, 0.15) is 5.69 Å². The second-order valence-electron chi connectivity index (χ2n) is 11.3. The van der Waals surface area contributed by atoms with Gasteiger partial charge in [-0.25, -0.2) is 0 Å². The van der Waals surface area contributed by atoms with Crippen molar-refractivity contribution in [1.29, 1.82) is 0 Å². The molecule has 0 atom stereocenters. The third-order valence-corrected chi connectivity index (χ3v) is 8.56. The molecule has 0 saturated heterocycles. The van der Waals surface area contributed by atoms with Gasteiger partial charge in [-0.05, 0) is 102 Å². The molecule has 0 aliphatic rings. The highest BCUT2D eigenvalue weighted by Crippen LogP contribution is 2.44. The van der Waals surface area contributed by atoms with Crippen molar-refractivity contribution in [2.24, 2.45) is 0 Å². The van der Waals surface area contributed by atoms with Gasteiger partial charge in [0.05, 0.1) is 0 Å². The first-order valence-corrected chi connectivity index (χ1v) is 14.8. The van der Waals surface area contributed by atoms with E-state index >= 15 is 0 Å². The Balaban J connectivity index is 1.31. The highest BCUT2D eigenvalue weighted by Gasteiger charge is 2.16. The van der Waals surface area contributed by atoms with E-state index in [0.29, 0.717) is 0 Å². The molecule has 0 aliphatic heterocycles. The minimum absolute atomic E-state index is 1.03. The van der Waals surface area contributed by atoms with Gasteiger partial charge < -0.3 is 0 Å². The van der Waals surface area contributed by atoms with Crippen LogP contribution in [0.4, 0.5) is 0 Å². The van der Waals surface area contributed by atoms with Crippen LogP contribution in [-0.4, -0.2) is 4.98 Å².